The SMILES string of the molecule is Cc1cc(-c2nc3cncc(Br)n3n2)ccc1[N+](=O)[O-]. The molecule has 0 fully saturated rings. The summed E-state index contributed by atoms with van der Waals surface area (Å²) < 4.78 is 2.30. The third-order valence-electron chi connectivity index (χ3n) is 2.86. The van der Waals surface area contributed by atoms with E-state index >= 15 is 0 Å². The Morgan fingerprint density at radius 1 is 1.35 bits per heavy atom. The van der Waals surface area contributed by atoms with Gasteiger partial charge in [-0.1, -0.05) is 0 Å². The van der Waals surface area contributed by atoms with Gasteiger partial charge in [-0.3, -0.25) is 15.1 Å². The molecule has 0 aliphatic rings. The zero-order chi connectivity index (χ0) is 14.3. The number of nitrogens with zero attached hydrogens (tertiary/aromatic N) is 5. The maximum Gasteiger partial charge on any atom is 0.272 e. The Labute approximate surface area is 121 Å². The average Bonchev–Trinajstić information content (AvgIpc) is 2.83. The molecule has 0 saturated carbocycles. The molecule has 0 aliphatic carbocycles. The van der Waals surface area contributed by atoms with Crippen molar-refractivity contribution in [3.63, 3.8) is 0 Å². The lowest BCUT2D eigenvalue weighted by Gasteiger charge is -1.99. The maximum absolute atomic E-state index is 10.8. The molecule has 3 aromatic rings. The lowest BCUT2D eigenvalue weighted by molar-refractivity contribution is -0.385. The van der Waals surface area contributed by atoms with Gasteiger partial charge in [-0.25, -0.2) is 9.50 Å². The quantitative estimate of drug-likeness (QED) is 0.531. The fraction of sp³-hybridized carbons (Fsp3) is 0.0833. The second kappa shape index (κ2) is 4.64. The highest BCUT2D eigenvalue weighted by atomic mass is 79.9. The summed E-state index contributed by atoms with van der Waals surface area (Å²) >= 11 is 3.34. The summed E-state index contributed by atoms with van der Waals surface area (Å²) in [6.07, 6.45) is 3.21. The van der Waals surface area contributed by atoms with Crippen LogP contribution in [0.2, 0.25) is 0 Å². The molecule has 0 bridgehead atoms. The number of halogens is 1. The molecule has 0 saturated heterocycles. The van der Waals surface area contributed by atoms with E-state index in [-0.39, 0.29) is 5.69 Å². The predicted molar refractivity (Wildman–Crippen MR) is 75.3 cm³/mol. The van der Waals surface area contributed by atoms with Crippen molar-refractivity contribution in [2.45, 2.75) is 6.92 Å². The average molecular weight is 334 g/mol. The van der Waals surface area contributed by atoms with E-state index in [4.69, 9.17) is 0 Å². The molecule has 2 aromatic heterocycles. The third kappa shape index (κ3) is 2.03. The number of hydrogen-bond donors (Lipinski definition) is 0. The molecule has 7 nitrogen and oxygen atoms in total. The first kappa shape index (κ1) is 12.7. The molecule has 0 amide bonds. The van der Waals surface area contributed by atoms with Crippen LogP contribution in [0.15, 0.2) is 35.2 Å². The molecule has 0 atom stereocenters. The van der Waals surface area contributed by atoms with Crippen LogP contribution in [0.1, 0.15) is 5.56 Å². The van der Waals surface area contributed by atoms with Crippen molar-refractivity contribution in [3.05, 3.63) is 50.9 Å². The molecule has 100 valence electrons. The first-order chi connectivity index (χ1) is 9.56. The number of nitro benzene ring substituents is 1. The van der Waals surface area contributed by atoms with Gasteiger partial charge in [0.1, 0.15) is 4.60 Å². The lowest BCUT2D eigenvalue weighted by Crippen LogP contribution is -1.93. The smallest absolute Gasteiger partial charge is 0.258 e. The fourth-order valence-corrected chi connectivity index (χ4v) is 2.29. The van der Waals surface area contributed by atoms with Gasteiger partial charge in [0.25, 0.3) is 5.69 Å². The minimum atomic E-state index is -0.406. The number of nitro groups is 1. The normalized spacial score (nSPS) is 10.9. The minimum absolute atomic E-state index is 0.0837. The van der Waals surface area contributed by atoms with Crippen LogP contribution in [0.4, 0.5) is 5.69 Å². The summed E-state index contributed by atoms with van der Waals surface area (Å²) in [6, 6.07) is 4.80. The van der Waals surface area contributed by atoms with E-state index in [2.05, 4.69) is 31.0 Å². The van der Waals surface area contributed by atoms with Crippen molar-refractivity contribution in [2.75, 3.05) is 0 Å². The number of hydrogen-bond acceptors (Lipinski definition) is 5. The molecule has 0 aliphatic heterocycles. The van der Waals surface area contributed by atoms with Gasteiger partial charge in [-0.2, -0.15) is 0 Å². The van der Waals surface area contributed by atoms with Gasteiger partial charge >= 0.3 is 0 Å². The Balaban J connectivity index is 2.13. The summed E-state index contributed by atoms with van der Waals surface area (Å²) in [5.41, 5.74) is 1.98. The van der Waals surface area contributed by atoms with Crippen LogP contribution in [-0.4, -0.2) is 24.5 Å². The first-order valence-electron chi connectivity index (χ1n) is 5.68. The van der Waals surface area contributed by atoms with E-state index in [1.807, 2.05) is 0 Å². The maximum atomic E-state index is 10.8. The van der Waals surface area contributed by atoms with Crippen LogP contribution in [0.25, 0.3) is 17.0 Å². The Bertz CT molecular complexity index is 830. The standard InChI is InChI=1S/C12H8BrN5O2/c1-7-4-8(2-3-9(7)18(19)20)12-15-11-6-14-5-10(13)17(11)16-12/h2-6H,1H3. The van der Waals surface area contributed by atoms with Gasteiger partial charge in [-0.05, 0) is 35.0 Å². The van der Waals surface area contributed by atoms with Gasteiger partial charge in [0.15, 0.2) is 11.5 Å². The van der Waals surface area contributed by atoms with Crippen LogP contribution in [0.5, 0.6) is 0 Å². The van der Waals surface area contributed by atoms with Crippen molar-refractivity contribution < 1.29 is 4.92 Å². The van der Waals surface area contributed by atoms with E-state index < -0.39 is 4.92 Å². The molecule has 3 rings (SSSR count). The third-order valence-corrected chi connectivity index (χ3v) is 3.40. The number of rotatable bonds is 2. The van der Waals surface area contributed by atoms with E-state index in [1.165, 1.54) is 6.07 Å². The molecule has 0 radical (unpaired) electrons. The van der Waals surface area contributed by atoms with E-state index in [0.717, 1.165) is 5.56 Å². The summed E-state index contributed by atoms with van der Waals surface area (Å²) in [4.78, 5) is 18.8. The highest BCUT2D eigenvalue weighted by Crippen LogP contribution is 2.24. The van der Waals surface area contributed by atoms with Gasteiger partial charge in [0.2, 0.25) is 0 Å². The molecule has 0 spiro atoms. The number of benzene rings is 1. The second-order valence-corrected chi connectivity index (χ2v) is 5.01. The van der Waals surface area contributed by atoms with Gasteiger partial charge in [-0.15, -0.1) is 5.10 Å². The monoisotopic (exact) mass is 333 g/mol. The van der Waals surface area contributed by atoms with E-state index in [1.54, 1.807) is 36.0 Å². The first-order valence-corrected chi connectivity index (χ1v) is 6.47. The van der Waals surface area contributed by atoms with Gasteiger partial charge in [0.05, 0.1) is 17.3 Å². The molecule has 0 unspecified atom stereocenters. The molecule has 0 N–H and O–H groups in total. The summed E-state index contributed by atoms with van der Waals surface area (Å²) in [5, 5.41) is 15.2. The van der Waals surface area contributed by atoms with Crippen molar-refractivity contribution >= 4 is 27.3 Å². The lowest BCUT2D eigenvalue weighted by atomic mass is 10.1. The molecular weight excluding hydrogens is 326 g/mol. The van der Waals surface area contributed by atoms with Gasteiger partial charge < -0.3 is 0 Å². The minimum Gasteiger partial charge on any atom is -0.258 e. The van der Waals surface area contributed by atoms with Gasteiger partial charge in [0, 0.05) is 17.2 Å². The zero-order valence-corrected chi connectivity index (χ0v) is 11.9. The number of fused-ring (bicyclic) bond motifs is 1. The highest BCUT2D eigenvalue weighted by Gasteiger charge is 2.14. The fourth-order valence-electron chi connectivity index (χ4n) is 1.91. The molecule has 1 aromatic carbocycles. The Morgan fingerprint density at radius 3 is 2.80 bits per heavy atom. The van der Waals surface area contributed by atoms with E-state index in [0.29, 0.717) is 21.6 Å². The van der Waals surface area contributed by atoms with Crippen molar-refractivity contribution in [1.82, 2.24) is 19.6 Å². The van der Waals surface area contributed by atoms with Crippen LogP contribution in [0, 0.1) is 17.0 Å². The van der Waals surface area contributed by atoms with Crippen molar-refractivity contribution in [3.8, 4) is 11.4 Å². The topological polar surface area (TPSA) is 86.2 Å². The Morgan fingerprint density at radius 2 is 2.15 bits per heavy atom. The Hall–Kier alpha value is -2.35. The number of aryl methyl sites for hydroxylation is 1. The number of aromatic nitrogens is 4. The molecule has 2 heterocycles. The van der Waals surface area contributed by atoms with E-state index in [9.17, 15) is 10.1 Å². The summed E-state index contributed by atoms with van der Waals surface area (Å²) in [7, 11) is 0. The predicted octanol–water partition coefficient (Wildman–Crippen LogP) is 2.77. The molecule has 8 heteroatoms. The molecular formula is C12H8BrN5O2. The van der Waals surface area contributed by atoms with Crippen LogP contribution in [0.3, 0.4) is 0 Å². The summed E-state index contributed by atoms with van der Waals surface area (Å²) in [5.74, 6) is 0.497. The second-order valence-electron chi connectivity index (χ2n) is 4.19. The summed E-state index contributed by atoms with van der Waals surface area (Å²) in [6.45, 7) is 1.69. The van der Waals surface area contributed by atoms with Crippen LogP contribution >= 0.6 is 15.9 Å². The van der Waals surface area contributed by atoms with Crippen molar-refractivity contribution in [2.24, 2.45) is 0 Å². The molecule has 20 heavy (non-hydrogen) atoms. The van der Waals surface area contributed by atoms with Crippen LogP contribution < -0.4 is 0 Å². The Kier molecular flexibility index (Phi) is 2.94. The highest BCUT2D eigenvalue weighted by molar-refractivity contribution is 9.10. The largest absolute Gasteiger partial charge is 0.272 e. The van der Waals surface area contributed by atoms with Crippen molar-refractivity contribution in [1.29, 1.82) is 0 Å². The van der Waals surface area contributed by atoms with Crippen LogP contribution in [-0.2, 0) is 0 Å². The zero-order valence-electron chi connectivity index (χ0n) is 10.3.